The monoisotopic (exact) mass is 446 g/mol. The number of aromatic nitrogens is 2. The van der Waals surface area contributed by atoms with Gasteiger partial charge in [-0.3, -0.25) is 4.79 Å². The van der Waals surface area contributed by atoms with Crippen LogP contribution >= 0.6 is 0 Å². The van der Waals surface area contributed by atoms with E-state index < -0.39 is 10.0 Å². The van der Waals surface area contributed by atoms with E-state index in [0.717, 1.165) is 16.7 Å². The maximum atomic E-state index is 12.8. The molecule has 0 aliphatic rings. The Morgan fingerprint density at radius 2 is 1.62 bits per heavy atom. The SMILES string of the molecule is Cc1ccc(-c2cc(C(=O)NCc3ccccc3)nn2-c2ccc(S(N)(=O)=O)cc2)cc1. The maximum absolute atomic E-state index is 12.8. The molecule has 3 aromatic carbocycles. The summed E-state index contributed by atoms with van der Waals surface area (Å²) in [4.78, 5) is 12.8. The highest BCUT2D eigenvalue weighted by atomic mass is 32.2. The van der Waals surface area contributed by atoms with Gasteiger partial charge in [0.2, 0.25) is 10.0 Å². The Bertz CT molecular complexity index is 1340. The topological polar surface area (TPSA) is 107 Å². The van der Waals surface area contributed by atoms with Crippen LogP contribution in [-0.4, -0.2) is 24.1 Å². The van der Waals surface area contributed by atoms with Crippen LogP contribution in [-0.2, 0) is 16.6 Å². The minimum atomic E-state index is -3.80. The zero-order valence-electron chi connectivity index (χ0n) is 17.4. The highest BCUT2D eigenvalue weighted by Gasteiger charge is 2.17. The van der Waals surface area contributed by atoms with Crippen LogP contribution in [0.25, 0.3) is 16.9 Å². The van der Waals surface area contributed by atoms with Gasteiger partial charge in [-0.05, 0) is 42.8 Å². The molecule has 0 aliphatic heterocycles. The lowest BCUT2D eigenvalue weighted by Crippen LogP contribution is -2.23. The van der Waals surface area contributed by atoms with E-state index in [1.54, 1.807) is 22.9 Å². The number of hydrogen-bond acceptors (Lipinski definition) is 4. The van der Waals surface area contributed by atoms with Crippen LogP contribution in [0, 0.1) is 6.92 Å². The number of nitrogens with zero attached hydrogens (tertiary/aromatic N) is 2. The fourth-order valence-electron chi connectivity index (χ4n) is 3.26. The number of carbonyl (C=O) groups excluding carboxylic acids is 1. The number of nitrogens with two attached hydrogens (primary N) is 1. The fourth-order valence-corrected chi connectivity index (χ4v) is 3.78. The van der Waals surface area contributed by atoms with Crippen molar-refractivity contribution >= 4 is 15.9 Å². The molecule has 0 aliphatic carbocycles. The molecule has 7 nitrogen and oxygen atoms in total. The molecule has 32 heavy (non-hydrogen) atoms. The van der Waals surface area contributed by atoms with E-state index in [2.05, 4.69) is 10.4 Å². The molecule has 1 heterocycles. The summed E-state index contributed by atoms with van der Waals surface area (Å²) in [6, 6.07) is 25.2. The summed E-state index contributed by atoms with van der Waals surface area (Å²) < 4.78 is 24.8. The van der Waals surface area contributed by atoms with Gasteiger partial charge in [0.25, 0.3) is 5.91 Å². The third-order valence-electron chi connectivity index (χ3n) is 5.00. The smallest absolute Gasteiger partial charge is 0.272 e. The van der Waals surface area contributed by atoms with Gasteiger partial charge in [0.15, 0.2) is 5.69 Å². The van der Waals surface area contributed by atoms with Crippen molar-refractivity contribution in [3.05, 3.63) is 102 Å². The van der Waals surface area contributed by atoms with Crippen LogP contribution in [0.3, 0.4) is 0 Å². The molecule has 0 radical (unpaired) electrons. The number of benzene rings is 3. The summed E-state index contributed by atoms with van der Waals surface area (Å²) in [6.45, 7) is 2.38. The molecule has 162 valence electrons. The Morgan fingerprint density at radius 1 is 0.969 bits per heavy atom. The lowest BCUT2D eigenvalue weighted by atomic mass is 10.1. The van der Waals surface area contributed by atoms with E-state index >= 15 is 0 Å². The molecule has 0 spiro atoms. The Kier molecular flexibility index (Phi) is 5.89. The van der Waals surface area contributed by atoms with Crippen LogP contribution in [0.1, 0.15) is 21.6 Å². The van der Waals surface area contributed by atoms with Gasteiger partial charge in [-0.25, -0.2) is 18.2 Å². The molecule has 1 amide bonds. The molecule has 0 unspecified atom stereocenters. The largest absolute Gasteiger partial charge is 0.347 e. The number of sulfonamides is 1. The minimum Gasteiger partial charge on any atom is -0.347 e. The van der Waals surface area contributed by atoms with Crippen molar-refractivity contribution in [2.24, 2.45) is 5.14 Å². The summed E-state index contributed by atoms with van der Waals surface area (Å²) in [7, 11) is -3.80. The Balaban J connectivity index is 1.70. The summed E-state index contributed by atoms with van der Waals surface area (Å²) in [5, 5.41) is 12.6. The maximum Gasteiger partial charge on any atom is 0.272 e. The van der Waals surface area contributed by atoms with E-state index in [9.17, 15) is 13.2 Å². The number of primary sulfonamides is 1. The number of rotatable bonds is 6. The fraction of sp³-hybridized carbons (Fsp3) is 0.0833. The van der Waals surface area contributed by atoms with Gasteiger partial charge in [0, 0.05) is 12.1 Å². The molecular formula is C24H22N4O3S. The van der Waals surface area contributed by atoms with Crippen LogP contribution in [0.4, 0.5) is 0 Å². The van der Waals surface area contributed by atoms with Gasteiger partial charge in [-0.1, -0.05) is 60.2 Å². The molecule has 8 heteroatoms. The van der Waals surface area contributed by atoms with Crippen molar-refractivity contribution in [1.29, 1.82) is 0 Å². The predicted molar refractivity (Wildman–Crippen MR) is 123 cm³/mol. The summed E-state index contributed by atoms with van der Waals surface area (Å²) in [6.07, 6.45) is 0. The first-order chi connectivity index (χ1) is 15.3. The molecule has 4 aromatic rings. The first-order valence-corrected chi connectivity index (χ1v) is 11.5. The lowest BCUT2D eigenvalue weighted by molar-refractivity contribution is 0.0945. The van der Waals surface area contributed by atoms with Crippen molar-refractivity contribution in [2.75, 3.05) is 0 Å². The van der Waals surface area contributed by atoms with Crippen LogP contribution < -0.4 is 10.5 Å². The number of carbonyl (C=O) groups is 1. The first-order valence-electron chi connectivity index (χ1n) is 9.94. The highest BCUT2D eigenvalue weighted by molar-refractivity contribution is 7.89. The van der Waals surface area contributed by atoms with E-state index in [1.165, 1.54) is 12.1 Å². The average molecular weight is 447 g/mol. The second kappa shape index (κ2) is 8.78. The number of aryl methyl sites for hydroxylation is 1. The van der Waals surface area contributed by atoms with E-state index in [4.69, 9.17) is 5.14 Å². The van der Waals surface area contributed by atoms with Crippen molar-refractivity contribution in [2.45, 2.75) is 18.4 Å². The highest BCUT2D eigenvalue weighted by Crippen LogP contribution is 2.25. The molecule has 1 aromatic heterocycles. The number of amides is 1. The Labute approximate surface area is 186 Å². The van der Waals surface area contributed by atoms with Gasteiger partial charge in [-0.15, -0.1) is 0 Å². The molecule has 0 saturated carbocycles. The molecular weight excluding hydrogens is 424 g/mol. The number of nitrogens with one attached hydrogen (secondary N) is 1. The molecule has 4 rings (SSSR count). The Morgan fingerprint density at radius 3 is 2.25 bits per heavy atom. The molecule has 0 saturated heterocycles. The first kappa shape index (κ1) is 21.5. The van der Waals surface area contributed by atoms with E-state index in [0.29, 0.717) is 17.9 Å². The predicted octanol–water partition coefficient (Wildman–Crippen LogP) is 3.43. The third kappa shape index (κ3) is 4.77. The summed E-state index contributed by atoms with van der Waals surface area (Å²) in [5.41, 5.74) is 4.54. The zero-order valence-corrected chi connectivity index (χ0v) is 18.2. The standard InChI is InChI=1S/C24H22N4O3S/c1-17-7-9-19(10-8-17)23-15-22(24(29)26-16-18-5-3-2-4-6-18)27-28(23)20-11-13-21(14-12-20)32(25,30)31/h2-15H,16H2,1H3,(H,26,29)(H2,25,30,31). The van der Waals surface area contributed by atoms with Crippen molar-refractivity contribution in [3.8, 4) is 16.9 Å². The van der Waals surface area contributed by atoms with Gasteiger partial charge in [0.1, 0.15) is 0 Å². The van der Waals surface area contributed by atoms with Crippen LogP contribution in [0.15, 0.2) is 89.8 Å². The third-order valence-corrected chi connectivity index (χ3v) is 5.92. The normalized spacial score (nSPS) is 11.3. The second-order valence-corrected chi connectivity index (χ2v) is 8.96. The quantitative estimate of drug-likeness (QED) is 0.473. The van der Waals surface area contributed by atoms with Gasteiger partial charge in [-0.2, -0.15) is 5.10 Å². The molecule has 0 fully saturated rings. The second-order valence-electron chi connectivity index (χ2n) is 7.40. The van der Waals surface area contributed by atoms with Crippen molar-refractivity contribution in [3.63, 3.8) is 0 Å². The summed E-state index contributed by atoms with van der Waals surface area (Å²) in [5.74, 6) is -0.304. The van der Waals surface area contributed by atoms with Crippen molar-refractivity contribution < 1.29 is 13.2 Å². The van der Waals surface area contributed by atoms with E-state index in [1.807, 2.05) is 61.5 Å². The molecule has 3 N–H and O–H groups in total. The molecule has 0 bridgehead atoms. The van der Waals surface area contributed by atoms with Crippen LogP contribution in [0.5, 0.6) is 0 Å². The van der Waals surface area contributed by atoms with Gasteiger partial charge in [0.05, 0.1) is 16.3 Å². The lowest BCUT2D eigenvalue weighted by Gasteiger charge is -2.08. The van der Waals surface area contributed by atoms with Gasteiger partial charge < -0.3 is 5.32 Å². The Hall–Kier alpha value is -3.75. The van der Waals surface area contributed by atoms with Crippen molar-refractivity contribution in [1.82, 2.24) is 15.1 Å². The van der Waals surface area contributed by atoms with Gasteiger partial charge >= 0.3 is 0 Å². The summed E-state index contributed by atoms with van der Waals surface area (Å²) >= 11 is 0. The van der Waals surface area contributed by atoms with E-state index in [-0.39, 0.29) is 16.5 Å². The zero-order chi connectivity index (χ0) is 22.7. The van der Waals surface area contributed by atoms with Crippen LogP contribution in [0.2, 0.25) is 0 Å². The molecule has 0 atom stereocenters. The minimum absolute atomic E-state index is 0.00567. The average Bonchev–Trinajstić information content (AvgIpc) is 3.24. The number of hydrogen-bond donors (Lipinski definition) is 2.